The summed E-state index contributed by atoms with van der Waals surface area (Å²) >= 11 is 5.90. The molecule has 1 aromatic carbocycles. The van der Waals surface area contributed by atoms with Crippen molar-refractivity contribution in [1.29, 1.82) is 0 Å². The number of carbonyl (C=O) groups excluding carboxylic acids is 1. The molecule has 2 N–H and O–H groups in total. The van der Waals surface area contributed by atoms with Crippen LogP contribution in [-0.2, 0) is 4.79 Å². The fourth-order valence-electron chi connectivity index (χ4n) is 1.18. The maximum Gasteiger partial charge on any atom is 0.260 e. The zero-order valence-corrected chi connectivity index (χ0v) is 10.6. The summed E-state index contributed by atoms with van der Waals surface area (Å²) in [5.41, 5.74) is 0. The summed E-state index contributed by atoms with van der Waals surface area (Å²) in [6.07, 6.45) is -1.24. The first-order valence-electron chi connectivity index (χ1n) is 5.37. The van der Waals surface area contributed by atoms with Crippen molar-refractivity contribution in [3.05, 3.63) is 29.3 Å². The Morgan fingerprint density at radius 1 is 1.47 bits per heavy atom. The summed E-state index contributed by atoms with van der Waals surface area (Å²) < 4.78 is 5.41. The van der Waals surface area contributed by atoms with Crippen molar-refractivity contribution in [3.8, 4) is 5.75 Å². The average Bonchev–Trinajstić information content (AvgIpc) is 2.28. The Morgan fingerprint density at radius 3 is 2.71 bits per heavy atom. The molecule has 0 heterocycles. The fraction of sp³-hybridized carbons (Fsp3) is 0.417. The molecule has 0 saturated heterocycles. The molecule has 1 aromatic rings. The molecule has 4 nitrogen and oxygen atoms in total. The third-order valence-electron chi connectivity index (χ3n) is 2.08. The molecular formula is C12H16ClNO3. The first-order chi connectivity index (χ1) is 8.00. The van der Waals surface area contributed by atoms with Crippen LogP contribution in [0, 0.1) is 0 Å². The summed E-state index contributed by atoms with van der Waals surface area (Å²) in [5.74, 6) is 0.180. The highest BCUT2D eigenvalue weighted by atomic mass is 35.5. The molecule has 1 rings (SSSR count). The van der Waals surface area contributed by atoms with Crippen molar-refractivity contribution in [3.63, 3.8) is 0 Å². The first kappa shape index (κ1) is 13.8. The summed E-state index contributed by atoms with van der Waals surface area (Å²) in [7, 11) is 0. The van der Waals surface area contributed by atoms with Crippen LogP contribution in [0.4, 0.5) is 0 Å². The summed E-state index contributed by atoms with van der Waals surface area (Å²) in [4.78, 5) is 11.6. The Bertz CT molecular complexity index is 382. The largest absolute Gasteiger partial charge is 0.479 e. The predicted octanol–water partition coefficient (Wildman–Crippen LogP) is 1.60. The van der Waals surface area contributed by atoms with Gasteiger partial charge in [-0.05, 0) is 26.0 Å². The Labute approximate surface area is 106 Å². The van der Waals surface area contributed by atoms with Gasteiger partial charge < -0.3 is 15.2 Å². The molecule has 0 saturated carbocycles. The van der Waals surface area contributed by atoms with Gasteiger partial charge in [0.25, 0.3) is 5.91 Å². The Kier molecular flexibility index (Phi) is 5.25. The minimum absolute atomic E-state index is 0.203. The second kappa shape index (κ2) is 6.47. The molecule has 0 aromatic heterocycles. The monoisotopic (exact) mass is 257 g/mol. The number of aliphatic hydroxyl groups excluding tert-OH is 1. The highest BCUT2D eigenvalue weighted by Gasteiger charge is 2.15. The Hall–Kier alpha value is -1.26. The van der Waals surface area contributed by atoms with Gasteiger partial charge in [-0.2, -0.15) is 0 Å². The molecule has 0 spiro atoms. The molecule has 94 valence electrons. The van der Waals surface area contributed by atoms with E-state index in [1.165, 1.54) is 0 Å². The SMILES string of the molecule is CC(O)CNC(=O)C(C)Oc1ccccc1Cl. The fourth-order valence-corrected chi connectivity index (χ4v) is 1.36. The van der Waals surface area contributed by atoms with E-state index in [2.05, 4.69) is 5.32 Å². The van der Waals surface area contributed by atoms with E-state index in [1.54, 1.807) is 38.1 Å². The van der Waals surface area contributed by atoms with Crippen LogP contribution in [-0.4, -0.2) is 29.8 Å². The van der Waals surface area contributed by atoms with Gasteiger partial charge in [-0.3, -0.25) is 4.79 Å². The lowest BCUT2D eigenvalue weighted by atomic mass is 10.3. The minimum atomic E-state index is -0.659. The maximum atomic E-state index is 11.6. The molecule has 17 heavy (non-hydrogen) atoms. The molecule has 0 fully saturated rings. The van der Waals surface area contributed by atoms with E-state index in [0.717, 1.165) is 0 Å². The van der Waals surface area contributed by atoms with Crippen LogP contribution in [0.3, 0.4) is 0 Å². The molecule has 0 bridgehead atoms. The highest BCUT2D eigenvalue weighted by Crippen LogP contribution is 2.24. The lowest BCUT2D eigenvalue weighted by Crippen LogP contribution is -2.39. The number of rotatable bonds is 5. The number of benzene rings is 1. The van der Waals surface area contributed by atoms with Gasteiger partial charge in [0, 0.05) is 6.54 Å². The van der Waals surface area contributed by atoms with Crippen LogP contribution in [0.1, 0.15) is 13.8 Å². The number of nitrogens with one attached hydrogen (secondary N) is 1. The quantitative estimate of drug-likeness (QED) is 0.843. The average molecular weight is 258 g/mol. The van der Waals surface area contributed by atoms with Crippen LogP contribution < -0.4 is 10.1 Å². The van der Waals surface area contributed by atoms with Crippen molar-refractivity contribution in [2.45, 2.75) is 26.1 Å². The summed E-state index contributed by atoms with van der Waals surface area (Å²) in [6, 6.07) is 6.95. The molecule has 0 aliphatic carbocycles. The van der Waals surface area contributed by atoms with E-state index in [9.17, 15) is 4.79 Å². The molecule has 2 unspecified atom stereocenters. The third-order valence-corrected chi connectivity index (χ3v) is 2.39. The number of amides is 1. The Morgan fingerprint density at radius 2 is 2.12 bits per heavy atom. The van der Waals surface area contributed by atoms with Crippen LogP contribution in [0.25, 0.3) is 0 Å². The van der Waals surface area contributed by atoms with Gasteiger partial charge in [0.1, 0.15) is 5.75 Å². The topological polar surface area (TPSA) is 58.6 Å². The van der Waals surface area contributed by atoms with E-state index < -0.39 is 12.2 Å². The van der Waals surface area contributed by atoms with Gasteiger partial charge in [0.05, 0.1) is 11.1 Å². The normalized spacial score (nSPS) is 13.9. The molecule has 0 radical (unpaired) electrons. The third kappa shape index (κ3) is 4.63. The van der Waals surface area contributed by atoms with Gasteiger partial charge in [-0.15, -0.1) is 0 Å². The van der Waals surface area contributed by atoms with Gasteiger partial charge in [-0.25, -0.2) is 0 Å². The zero-order valence-electron chi connectivity index (χ0n) is 9.81. The van der Waals surface area contributed by atoms with Gasteiger partial charge in [0.15, 0.2) is 6.10 Å². The van der Waals surface area contributed by atoms with Crippen molar-refractivity contribution in [2.75, 3.05) is 6.54 Å². The van der Waals surface area contributed by atoms with Gasteiger partial charge in [0.2, 0.25) is 0 Å². The lowest BCUT2D eigenvalue weighted by molar-refractivity contribution is -0.127. The number of hydrogen-bond donors (Lipinski definition) is 2. The highest BCUT2D eigenvalue weighted by molar-refractivity contribution is 6.32. The van der Waals surface area contributed by atoms with Crippen molar-refractivity contribution in [2.24, 2.45) is 0 Å². The molecule has 0 aliphatic rings. The van der Waals surface area contributed by atoms with Gasteiger partial charge >= 0.3 is 0 Å². The predicted molar refractivity (Wildman–Crippen MR) is 66.2 cm³/mol. The van der Waals surface area contributed by atoms with Crippen LogP contribution in [0.15, 0.2) is 24.3 Å². The van der Waals surface area contributed by atoms with Gasteiger partial charge in [-0.1, -0.05) is 23.7 Å². The number of halogens is 1. The number of ether oxygens (including phenoxy) is 1. The van der Waals surface area contributed by atoms with E-state index in [0.29, 0.717) is 10.8 Å². The standard InChI is InChI=1S/C12H16ClNO3/c1-8(15)7-14-12(16)9(2)17-11-6-4-3-5-10(11)13/h3-6,8-9,15H,7H2,1-2H3,(H,14,16). The molecular weight excluding hydrogens is 242 g/mol. The number of aliphatic hydroxyl groups is 1. The van der Waals surface area contributed by atoms with Crippen LogP contribution >= 0.6 is 11.6 Å². The van der Waals surface area contributed by atoms with Crippen LogP contribution in [0.2, 0.25) is 5.02 Å². The Balaban J connectivity index is 2.51. The van der Waals surface area contributed by atoms with Crippen molar-refractivity contribution >= 4 is 17.5 Å². The van der Waals surface area contributed by atoms with Crippen molar-refractivity contribution < 1.29 is 14.6 Å². The van der Waals surface area contributed by atoms with Crippen molar-refractivity contribution in [1.82, 2.24) is 5.32 Å². The maximum absolute atomic E-state index is 11.6. The first-order valence-corrected chi connectivity index (χ1v) is 5.75. The molecule has 0 aliphatic heterocycles. The number of para-hydroxylation sites is 1. The summed E-state index contributed by atoms with van der Waals surface area (Å²) in [6.45, 7) is 3.43. The van der Waals surface area contributed by atoms with E-state index in [-0.39, 0.29) is 12.5 Å². The molecule has 1 amide bonds. The minimum Gasteiger partial charge on any atom is -0.479 e. The molecule has 2 atom stereocenters. The smallest absolute Gasteiger partial charge is 0.260 e. The second-order valence-corrected chi connectivity index (χ2v) is 4.19. The number of carbonyl (C=O) groups is 1. The lowest BCUT2D eigenvalue weighted by Gasteiger charge is -2.16. The second-order valence-electron chi connectivity index (χ2n) is 3.78. The van der Waals surface area contributed by atoms with Crippen LogP contribution in [0.5, 0.6) is 5.75 Å². The van der Waals surface area contributed by atoms with E-state index >= 15 is 0 Å². The van der Waals surface area contributed by atoms with E-state index in [4.69, 9.17) is 21.4 Å². The summed E-state index contributed by atoms with van der Waals surface area (Å²) in [5, 5.41) is 12.1. The number of hydrogen-bond acceptors (Lipinski definition) is 3. The zero-order chi connectivity index (χ0) is 12.8. The molecule has 5 heteroatoms. The van der Waals surface area contributed by atoms with E-state index in [1.807, 2.05) is 0 Å².